The van der Waals surface area contributed by atoms with E-state index >= 15 is 0 Å². The summed E-state index contributed by atoms with van der Waals surface area (Å²) in [6.45, 7) is 2.17. The first-order valence-electron chi connectivity index (χ1n) is 8.16. The van der Waals surface area contributed by atoms with Crippen molar-refractivity contribution in [2.75, 3.05) is 5.32 Å². The van der Waals surface area contributed by atoms with Crippen molar-refractivity contribution in [3.05, 3.63) is 71.9 Å². The first kappa shape index (κ1) is 16.7. The lowest BCUT2D eigenvalue weighted by Crippen LogP contribution is -2.13. The molecule has 0 saturated carbocycles. The van der Waals surface area contributed by atoms with Gasteiger partial charge in [0.15, 0.2) is 12.4 Å². The molecule has 128 valence electrons. The van der Waals surface area contributed by atoms with Crippen LogP contribution in [-0.2, 0) is 13.0 Å². The predicted molar refractivity (Wildman–Crippen MR) is 93.5 cm³/mol. The molecule has 3 rings (SSSR count). The monoisotopic (exact) mass is 337 g/mol. The maximum absolute atomic E-state index is 12.5. The Hall–Kier alpha value is -3.15. The number of carbonyl (C=O) groups is 1. The van der Waals surface area contributed by atoms with Gasteiger partial charge in [0.1, 0.15) is 5.75 Å². The molecule has 0 fully saturated rings. The number of para-hydroxylation sites is 2. The Morgan fingerprint density at radius 2 is 1.88 bits per heavy atom. The SMILES string of the molecule is CCCc1noc(COc2ccccc2C(=O)Nc2ccccc2)n1. The smallest absolute Gasteiger partial charge is 0.264 e. The highest BCUT2D eigenvalue weighted by atomic mass is 16.5. The Balaban J connectivity index is 1.68. The van der Waals surface area contributed by atoms with E-state index in [-0.39, 0.29) is 12.5 Å². The minimum Gasteiger partial charge on any atom is -0.483 e. The fraction of sp³-hybridized carbons (Fsp3) is 0.211. The topological polar surface area (TPSA) is 77.2 Å². The van der Waals surface area contributed by atoms with Gasteiger partial charge in [0.05, 0.1) is 5.56 Å². The number of anilines is 1. The zero-order chi connectivity index (χ0) is 17.5. The summed E-state index contributed by atoms with van der Waals surface area (Å²) in [5.41, 5.74) is 1.17. The van der Waals surface area contributed by atoms with Crippen LogP contribution in [0.5, 0.6) is 5.75 Å². The molecular formula is C19H19N3O3. The number of benzene rings is 2. The van der Waals surface area contributed by atoms with Crippen molar-refractivity contribution in [1.29, 1.82) is 0 Å². The lowest BCUT2D eigenvalue weighted by Gasteiger charge is -2.10. The van der Waals surface area contributed by atoms with Crippen molar-refractivity contribution in [3.8, 4) is 5.75 Å². The van der Waals surface area contributed by atoms with Crippen LogP contribution < -0.4 is 10.1 Å². The molecule has 0 saturated heterocycles. The predicted octanol–water partition coefficient (Wildman–Crippen LogP) is 3.85. The minimum absolute atomic E-state index is 0.117. The highest BCUT2D eigenvalue weighted by molar-refractivity contribution is 6.06. The molecule has 0 bridgehead atoms. The average molecular weight is 337 g/mol. The van der Waals surface area contributed by atoms with E-state index in [1.807, 2.05) is 43.3 Å². The molecule has 25 heavy (non-hydrogen) atoms. The largest absolute Gasteiger partial charge is 0.483 e. The number of hydrogen-bond acceptors (Lipinski definition) is 5. The van der Waals surface area contributed by atoms with Crippen LogP contribution in [0.1, 0.15) is 35.4 Å². The molecule has 1 aromatic heterocycles. The summed E-state index contributed by atoms with van der Waals surface area (Å²) in [5.74, 6) is 1.28. The number of aryl methyl sites for hydroxylation is 1. The lowest BCUT2D eigenvalue weighted by atomic mass is 10.2. The Kier molecular flexibility index (Phi) is 5.41. The van der Waals surface area contributed by atoms with Gasteiger partial charge in [-0.1, -0.05) is 42.4 Å². The maximum atomic E-state index is 12.5. The van der Waals surface area contributed by atoms with Gasteiger partial charge >= 0.3 is 0 Å². The molecule has 0 unspecified atom stereocenters. The fourth-order valence-electron chi connectivity index (χ4n) is 2.31. The summed E-state index contributed by atoms with van der Waals surface area (Å²) in [6.07, 6.45) is 1.71. The van der Waals surface area contributed by atoms with Gasteiger partial charge in [0, 0.05) is 12.1 Å². The summed E-state index contributed by atoms with van der Waals surface area (Å²) >= 11 is 0. The molecule has 0 aliphatic carbocycles. The molecule has 0 aliphatic heterocycles. The molecule has 1 heterocycles. The van der Waals surface area contributed by atoms with Crippen LogP contribution in [0.4, 0.5) is 5.69 Å². The summed E-state index contributed by atoms with van der Waals surface area (Å²) in [7, 11) is 0. The standard InChI is InChI=1S/C19H19N3O3/c1-2-8-17-21-18(25-22-17)13-24-16-12-7-6-11-15(16)19(23)20-14-9-4-3-5-10-14/h3-7,9-12H,2,8,13H2,1H3,(H,20,23). The second-order valence-corrected chi connectivity index (χ2v) is 5.46. The molecule has 0 aliphatic rings. The van der Waals surface area contributed by atoms with Crippen molar-refractivity contribution < 1.29 is 14.1 Å². The number of nitrogens with zero attached hydrogens (tertiary/aromatic N) is 2. The average Bonchev–Trinajstić information content (AvgIpc) is 3.09. The second kappa shape index (κ2) is 8.10. The molecule has 0 radical (unpaired) electrons. The summed E-state index contributed by atoms with van der Waals surface area (Å²) in [4.78, 5) is 16.7. The number of carbonyl (C=O) groups excluding carboxylic acids is 1. The van der Waals surface area contributed by atoms with Crippen LogP contribution >= 0.6 is 0 Å². The van der Waals surface area contributed by atoms with E-state index in [9.17, 15) is 4.79 Å². The van der Waals surface area contributed by atoms with Crippen molar-refractivity contribution in [3.63, 3.8) is 0 Å². The third-order valence-electron chi connectivity index (χ3n) is 3.50. The van der Waals surface area contributed by atoms with Gasteiger partial charge in [-0.3, -0.25) is 4.79 Å². The van der Waals surface area contributed by atoms with Crippen molar-refractivity contribution in [2.24, 2.45) is 0 Å². The van der Waals surface area contributed by atoms with E-state index < -0.39 is 0 Å². The molecule has 1 amide bonds. The summed E-state index contributed by atoms with van der Waals surface area (Å²) in [5, 5.41) is 6.73. The quantitative estimate of drug-likeness (QED) is 0.708. The van der Waals surface area contributed by atoms with Crippen LogP contribution in [0.15, 0.2) is 59.1 Å². The minimum atomic E-state index is -0.237. The summed E-state index contributed by atoms with van der Waals surface area (Å²) < 4.78 is 10.9. The van der Waals surface area contributed by atoms with E-state index in [0.29, 0.717) is 23.0 Å². The fourth-order valence-corrected chi connectivity index (χ4v) is 2.31. The van der Waals surface area contributed by atoms with Gasteiger partial charge in [0.25, 0.3) is 11.8 Å². The van der Waals surface area contributed by atoms with Gasteiger partial charge in [0.2, 0.25) is 0 Å². The Bertz CT molecular complexity index is 831. The molecule has 0 atom stereocenters. The van der Waals surface area contributed by atoms with Crippen molar-refractivity contribution in [1.82, 2.24) is 10.1 Å². The second-order valence-electron chi connectivity index (χ2n) is 5.46. The van der Waals surface area contributed by atoms with Gasteiger partial charge in [-0.25, -0.2) is 0 Å². The first-order valence-corrected chi connectivity index (χ1v) is 8.16. The Morgan fingerprint density at radius 3 is 2.68 bits per heavy atom. The van der Waals surface area contributed by atoms with Gasteiger partial charge < -0.3 is 14.6 Å². The van der Waals surface area contributed by atoms with Crippen molar-refractivity contribution in [2.45, 2.75) is 26.4 Å². The molecule has 6 heteroatoms. The Morgan fingerprint density at radius 1 is 1.12 bits per heavy atom. The van der Waals surface area contributed by atoms with Crippen LogP contribution in [0.2, 0.25) is 0 Å². The normalized spacial score (nSPS) is 10.4. The zero-order valence-corrected chi connectivity index (χ0v) is 13.9. The van der Waals surface area contributed by atoms with E-state index in [2.05, 4.69) is 15.5 Å². The first-order chi connectivity index (χ1) is 12.3. The summed E-state index contributed by atoms with van der Waals surface area (Å²) in [6, 6.07) is 16.3. The zero-order valence-electron chi connectivity index (χ0n) is 13.9. The highest BCUT2D eigenvalue weighted by Gasteiger charge is 2.14. The third kappa shape index (κ3) is 4.44. The van der Waals surface area contributed by atoms with Crippen LogP contribution in [0.25, 0.3) is 0 Å². The van der Waals surface area contributed by atoms with E-state index in [4.69, 9.17) is 9.26 Å². The molecule has 1 N–H and O–H groups in total. The van der Waals surface area contributed by atoms with Crippen molar-refractivity contribution >= 4 is 11.6 Å². The number of hydrogen-bond donors (Lipinski definition) is 1. The van der Waals surface area contributed by atoms with Gasteiger partial charge in [-0.2, -0.15) is 4.98 Å². The van der Waals surface area contributed by atoms with Gasteiger partial charge in [-0.15, -0.1) is 0 Å². The highest BCUT2D eigenvalue weighted by Crippen LogP contribution is 2.21. The maximum Gasteiger partial charge on any atom is 0.264 e. The van der Waals surface area contributed by atoms with Crippen LogP contribution in [0, 0.1) is 0 Å². The molecule has 6 nitrogen and oxygen atoms in total. The Labute approximate surface area is 145 Å². The molecule has 0 spiro atoms. The number of aromatic nitrogens is 2. The number of rotatable bonds is 7. The molecule has 2 aromatic carbocycles. The molecular weight excluding hydrogens is 318 g/mol. The van der Waals surface area contributed by atoms with Crippen LogP contribution in [0.3, 0.4) is 0 Å². The molecule has 3 aromatic rings. The van der Waals surface area contributed by atoms with E-state index in [1.165, 1.54) is 0 Å². The third-order valence-corrected chi connectivity index (χ3v) is 3.50. The van der Waals surface area contributed by atoms with E-state index in [0.717, 1.165) is 18.5 Å². The van der Waals surface area contributed by atoms with Gasteiger partial charge in [-0.05, 0) is 30.7 Å². The number of ether oxygens (including phenoxy) is 1. The van der Waals surface area contributed by atoms with E-state index in [1.54, 1.807) is 18.2 Å². The lowest BCUT2D eigenvalue weighted by molar-refractivity contribution is 0.102. The number of amides is 1. The van der Waals surface area contributed by atoms with Crippen LogP contribution in [-0.4, -0.2) is 16.0 Å². The number of nitrogens with one attached hydrogen (secondary N) is 1.